The molecule has 0 atom stereocenters. The largest absolute Gasteiger partial charge is 0.490 e. The summed E-state index contributed by atoms with van der Waals surface area (Å²) < 4.78 is 11.2. The highest BCUT2D eigenvalue weighted by Gasteiger charge is 2.15. The fourth-order valence-electron chi connectivity index (χ4n) is 2.70. The number of anilines is 1. The topological polar surface area (TPSA) is 102 Å². The van der Waals surface area contributed by atoms with Crippen LogP contribution in [0.1, 0.15) is 22.8 Å². The summed E-state index contributed by atoms with van der Waals surface area (Å²) in [6.07, 6.45) is 2.87. The highest BCUT2D eigenvalue weighted by atomic mass is 35.5. The maximum absolute atomic E-state index is 12.2. The monoisotopic (exact) mass is 486 g/mol. The van der Waals surface area contributed by atoms with Crippen LogP contribution in [-0.4, -0.2) is 36.2 Å². The molecule has 170 valence electrons. The number of hydrazone groups is 1. The van der Waals surface area contributed by atoms with Crippen LogP contribution < -0.4 is 20.2 Å². The lowest BCUT2D eigenvalue weighted by Gasteiger charge is -2.14. The number of amides is 2. The van der Waals surface area contributed by atoms with Gasteiger partial charge in [0.25, 0.3) is 11.8 Å². The maximum Gasteiger partial charge on any atom is 0.274 e. The molecule has 10 heteroatoms. The molecule has 0 saturated carbocycles. The minimum atomic E-state index is -0.509. The number of ether oxygens (including phenoxy) is 2. The lowest BCUT2D eigenvalue weighted by molar-refractivity contribution is -0.118. The molecule has 8 nitrogen and oxygen atoms in total. The molecule has 0 fully saturated rings. The van der Waals surface area contributed by atoms with Crippen molar-refractivity contribution in [2.45, 2.75) is 6.92 Å². The van der Waals surface area contributed by atoms with Gasteiger partial charge in [-0.1, -0.05) is 41.4 Å². The first-order valence-corrected chi connectivity index (χ1v) is 10.6. The zero-order valence-electron chi connectivity index (χ0n) is 17.5. The van der Waals surface area contributed by atoms with Crippen LogP contribution in [0, 0.1) is 0 Å². The van der Waals surface area contributed by atoms with Gasteiger partial charge in [0.1, 0.15) is 5.15 Å². The first-order chi connectivity index (χ1) is 16.0. The predicted octanol–water partition coefficient (Wildman–Crippen LogP) is 4.57. The van der Waals surface area contributed by atoms with Crippen molar-refractivity contribution in [1.82, 2.24) is 10.4 Å². The molecule has 0 radical (unpaired) electrons. The van der Waals surface area contributed by atoms with Crippen LogP contribution in [-0.2, 0) is 4.79 Å². The van der Waals surface area contributed by atoms with E-state index in [2.05, 4.69) is 20.8 Å². The fourth-order valence-corrected chi connectivity index (χ4v) is 3.18. The van der Waals surface area contributed by atoms with Crippen LogP contribution in [0.5, 0.6) is 11.5 Å². The Morgan fingerprint density at radius 1 is 1.09 bits per heavy atom. The van der Waals surface area contributed by atoms with E-state index in [1.54, 1.807) is 37.3 Å². The van der Waals surface area contributed by atoms with Gasteiger partial charge < -0.3 is 14.8 Å². The predicted molar refractivity (Wildman–Crippen MR) is 127 cm³/mol. The zero-order valence-corrected chi connectivity index (χ0v) is 19.1. The Morgan fingerprint density at radius 2 is 1.88 bits per heavy atom. The van der Waals surface area contributed by atoms with E-state index in [0.29, 0.717) is 23.6 Å². The maximum atomic E-state index is 12.2. The van der Waals surface area contributed by atoms with Gasteiger partial charge in [0.15, 0.2) is 18.1 Å². The molecule has 0 aliphatic carbocycles. The van der Waals surface area contributed by atoms with E-state index < -0.39 is 5.91 Å². The Hall–Kier alpha value is -3.62. The van der Waals surface area contributed by atoms with Gasteiger partial charge in [-0.25, -0.2) is 10.4 Å². The van der Waals surface area contributed by atoms with Crippen molar-refractivity contribution in [2.75, 3.05) is 18.5 Å². The van der Waals surface area contributed by atoms with Gasteiger partial charge in [0, 0.05) is 11.9 Å². The number of hydrogen-bond donors (Lipinski definition) is 2. The third-order valence-corrected chi connectivity index (χ3v) is 4.70. The molecule has 33 heavy (non-hydrogen) atoms. The van der Waals surface area contributed by atoms with E-state index in [9.17, 15) is 9.59 Å². The fraction of sp³-hybridized carbons (Fsp3) is 0.130. The molecule has 2 aromatic carbocycles. The molecule has 0 spiro atoms. The van der Waals surface area contributed by atoms with Gasteiger partial charge in [-0.15, -0.1) is 0 Å². The Balaban J connectivity index is 1.67. The number of halogens is 2. The molecule has 0 unspecified atom stereocenters. The minimum Gasteiger partial charge on any atom is -0.490 e. The van der Waals surface area contributed by atoms with E-state index in [4.69, 9.17) is 32.7 Å². The molecule has 3 aromatic rings. The van der Waals surface area contributed by atoms with Crippen LogP contribution in [0.15, 0.2) is 65.9 Å². The minimum absolute atomic E-state index is 0.0738. The molecular formula is C23H20Cl2N4O4. The van der Waals surface area contributed by atoms with Crippen molar-refractivity contribution in [1.29, 1.82) is 0 Å². The summed E-state index contributed by atoms with van der Waals surface area (Å²) in [6.45, 7) is 1.89. The van der Waals surface area contributed by atoms with Crippen molar-refractivity contribution in [2.24, 2.45) is 5.10 Å². The Kier molecular flexibility index (Phi) is 8.63. The summed E-state index contributed by atoms with van der Waals surface area (Å²) in [6, 6.07) is 15.3. The van der Waals surface area contributed by atoms with E-state index in [1.807, 2.05) is 18.2 Å². The normalized spacial score (nSPS) is 10.6. The van der Waals surface area contributed by atoms with Gasteiger partial charge in [-0.3, -0.25) is 9.59 Å². The SMILES string of the molecule is CCOc1cc(C=NNC(=O)c2cccnc2Cl)cc(Cl)c1OCC(=O)Nc1ccccc1. The second-order valence-electron chi connectivity index (χ2n) is 6.51. The molecule has 0 aliphatic heterocycles. The van der Waals surface area contributed by atoms with Crippen LogP contribution >= 0.6 is 23.2 Å². The highest BCUT2D eigenvalue weighted by Crippen LogP contribution is 2.36. The van der Waals surface area contributed by atoms with Crippen LogP contribution in [0.4, 0.5) is 5.69 Å². The van der Waals surface area contributed by atoms with Gasteiger partial charge in [-0.05, 0) is 48.9 Å². The van der Waals surface area contributed by atoms with E-state index in [0.717, 1.165) is 0 Å². The van der Waals surface area contributed by atoms with Gasteiger partial charge in [0.05, 0.1) is 23.4 Å². The van der Waals surface area contributed by atoms with Gasteiger partial charge >= 0.3 is 0 Å². The number of nitrogens with one attached hydrogen (secondary N) is 2. The number of carbonyl (C=O) groups is 2. The summed E-state index contributed by atoms with van der Waals surface area (Å²) in [4.78, 5) is 28.2. The summed E-state index contributed by atoms with van der Waals surface area (Å²) in [5.41, 5.74) is 3.77. The first kappa shape index (κ1) is 24.0. The smallest absolute Gasteiger partial charge is 0.274 e. The molecule has 2 N–H and O–H groups in total. The van der Waals surface area contributed by atoms with E-state index in [1.165, 1.54) is 18.5 Å². The molecule has 2 amide bonds. The van der Waals surface area contributed by atoms with Crippen molar-refractivity contribution < 1.29 is 19.1 Å². The molecule has 1 heterocycles. The lowest BCUT2D eigenvalue weighted by Crippen LogP contribution is -2.20. The molecule has 0 bridgehead atoms. The van der Waals surface area contributed by atoms with E-state index in [-0.39, 0.29) is 34.0 Å². The lowest BCUT2D eigenvalue weighted by atomic mass is 10.2. The average molecular weight is 487 g/mol. The van der Waals surface area contributed by atoms with Crippen LogP contribution in [0.25, 0.3) is 0 Å². The van der Waals surface area contributed by atoms with Crippen LogP contribution in [0.2, 0.25) is 10.2 Å². The van der Waals surface area contributed by atoms with Crippen molar-refractivity contribution in [3.05, 3.63) is 82.1 Å². The number of para-hydroxylation sites is 1. The summed E-state index contributed by atoms with van der Waals surface area (Å²) in [7, 11) is 0. The third-order valence-electron chi connectivity index (χ3n) is 4.12. The van der Waals surface area contributed by atoms with E-state index >= 15 is 0 Å². The summed E-state index contributed by atoms with van der Waals surface area (Å²) in [5.74, 6) is -0.294. The van der Waals surface area contributed by atoms with Gasteiger partial charge in [-0.2, -0.15) is 5.10 Å². The second-order valence-corrected chi connectivity index (χ2v) is 7.27. The van der Waals surface area contributed by atoms with Gasteiger partial charge in [0.2, 0.25) is 0 Å². The quantitative estimate of drug-likeness (QED) is 0.262. The first-order valence-electron chi connectivity index (χ1n) is 9.86. The molecule has 3 rings (SSSR count). The van der Waals surface area contributed by atoms with Crippen molar-refractivity contribution in [3.63, 3.8) is 0 Å². The summed E-state index contributed by atoms with van der Waals surface area (Å²) >= 11 is 12.3. The molecule has 0 aliphatic rings. The molecular weight excluding hydrogens is 467 g/mol. The van der Waals surface area contributed by atoms with Crippen molar-refractivity contribution in [3.8, 4) is 11.5 Å². The number of carbonyl (C=O) groups excluding carboxylic acids is 2. The number of nitrogens with zero attached hydrogens (tertiary/aromatic N) is 2. The summed E-state index contributed by atoms with van der Waals surface area (Å²) in [5, 5.41) is 6.94. The third kappa shape index (κ3) is 6.93. The Bertz CT molecular complexity index is 1160. The Labute approximate surface area is 200 Å². The molecule has 1 aromatic heterocycles. The number of aromatic nitrogens is 1. The number of rotatable bonds is 9. The number of benzene rings is 2. The number of hydrogen-bond acceptors (Lipinski definition) is 6. The van der Waals surface area contributed by atoms with Crippen LogP contribution in [0.3, 0.4) is 0 Å². The van der Waals surface area contributed by atoms with Crippen molar-refractivity contribution >= 4 is 46.9 Å². The second kappa shape index (κ2) is 11.8. The standard InChI is InChI=1S/C23H20Cl2N4O4/c1-2-32-19-12-15(13-27-29-23(31)17-9-6-10-26-22(17)25)11-18(24)21(19)33-14-20(30)28-16-7-4-3-5-8-16/h3-13H,2,14H2,1H3,(H,28,30)(H,29,31). The Morgan fingerprint density at radius 3 is 2.61 bits per heavy atom. The molecule has 0 saturated heterocycles. The zero-order chi connectivity index (χ0) is 23.6. The number of pyridine rings is 1. The highest BCUT2D eigenvalue weighted by molar-refractivity contribution is 6.33. The average Bonchev–Trinajstić information content (AvgIpc) is 2.79.